The summed E-state index contributed by atoms with van der Waals surface area (Å²) in [6.07, 6.45) is 2.10. The second-order valence-corrected chi connectivity index (χ2v) is 5.36. The fraction of sp³-hybridized carbons (Fsp3) is 0.600. The van der Waals surface area contributed by atoms with Gasteiger partial charge < -0.3 is 14.8 Å². The summed E-state index contributed by atoms with van der Waals surface area (Å²) in [5.74, 6) is 0. The second kappa shape index (κ2) is 10.4. The van der Waals surface area contributed by atoms with E-state index in [4.69, 9.17) is 9.47 Å². The first kappa shape index (κ1) is 16.6. The summed E-state index contributed by atoms with van der Waals surface area (Å²) in [6.45, 7) is 6.28. The maximum absolute atomic E-state index is 5.62. The Labute approximate surface area is 124 Å². The third-order valence-corrected chi connectivity index (χ3v) is 3.51. The highest BCUT2D eigenvalue weighted by atomic mass is 79.9. The first-order chi connectivity index (χ1) is 9.27. The molecule has 0 unspecified atom stereocenters. The molecule has 1 N–H and O–H groups in total. The first-order valence-electron chi connectivity index (χ1n) is 6.82. The van der Waals surface area contributed by atoms with Gasteiger partial charge in [0.2, 0.25) is 0 Å². The first-order valence-corrected chi connectivity index (χ1v) is 7.62. The highest BCUT2D eigenvalue weighted by molar-refractivity contribution is 9.10. The van der Waals surface area contributed by atoms with Crippen LogP contribution >= 0.6 is 15.9 Å². The molecule has 0 aliphatic heterocycles. The minimum absolute atomic E-state index is 0.646. The lowest BCUT2D eigenvalue weighted by Gasteiger charge is -2.09. The predicted octanol–water partition coefficient (Wildman–Crippen LogP) is 3.50. The van der Waals surface area contributed by atoms with E-state index in [-0.39, 0.29) is 0 Å². The Morgan fingerprint density at radius 3 is 2.79 bits per heavy atom. The molecule has 0 saturated carbocycles. The fourth-order valence-electron chi connectivity index (χ4n) is 1.71. The zero-order chi connectivity index (χ0) is 13.9. The second-order valence-electron chi connectivity index (χ2n) is 4.50. The Morgan fingerprint density at radius 2 is 2.11 bits per heavy atom. The van der Waals surface area contributed by atoms with Crippen LogP contribution in [0.4, 0.5) is 0 Å². The number of nitrogens with one attached hydrogen (secondary N) is 1. The van der Waals surface area contributed by atoms with Crippen LogP contribution in [0, 0.1) is 0 Å². The maximum Gasteiger partial charge on any atom is 0.0727 e. The van der Waals surface area contributed by atoms with Gasteiger partial charge in [-0.2, -0.15) is 0 Å². The Bertz CT molecular complexity index is 358. The molecular weight excluding hydrogens is 306 g/mol. The van der Waals surface area contributed by atoms with E-state index < -0.39 is 0 Å². The van der Waals surface area contributed by atoms with Crippen molar-refractivity contribution in [1.82, 2.24) is 5.32 Å². The average Bonchev–Trinajstić information content (AvgIpc) is 2.41. The van der Waals surface area contributed by atoms with Gasteiger partial charge >= 0.3 is 0 Å². The summed E-state index contributed by atoms with van der Waals surface area (Å²) in [5, 5.41) is 3.40. The van der Waals surface area contributed by atoms with Crippen molar-refractivity contribution < 1.29 is 9.47 Å². The highest BCUT2D eigenvalue weighted by Gasteiger charge is 2.02. The lowest BCUT2D eigenvalue weighted by Crippen LogP contribution is -2.13. The van der Waals surface area contributed by atoms with Gasteiger partial charge in [0, 0.05) is 31.3 Å². The number of benzene rings is 1. The molecule has 19 heavy (non-hydrogen) atoms. The molecule has 3 nitrogen and oxygen atoms in total. The molecule has 0 bridgehead atoms. The summed E-state index contributed by atoms with van der Waals surface area (Å²) in [7, 11) is 1.71. The van der Waals surface area contributed by atoms with E-state index in [0.29, 0.717) is 6.61 Å². The standard InChI is InChI=1S/C15H24BrNO2/c1-3-7-17-11-13-5-6-14(15(16)10-13)12-19-9-4-8-18-2/h5-6,10,17H,3-4,7-9,11-12H2,1-2H3. The highest BCUT2D eigenvalue weighted by Crippen LogP contribution is 2.19. The molecule has 0 spiro atoms. The van der Waals surface area contributed by atoms with E-state index in [1.807, 2.05) is 0 Å². The summed E-state index contributed by atoms with van der Waals surface area (Å²) in [5.41, 5.74) is 2.49. The molecule has 1 aromatic carbocycles. The third-order valence-electron chi connectivity index (χ3n) is 2.77. The SMILES string of the molecule is CCCNCc1ccc(COCCCOC)c(Br)c1. The van der Waals surface area contributed by atoms with Crippen LogP contribution in [0.3, 0.4) is 0 Å². The molecule has 4 heteroatoms. The zero-order valence-electron chi connectivity index (χ0n) is 11.9. The van der Waals surface area contributed by atoms with Gasteiger partial charge in [-0.15, -0.1) is 0 Å². The van der Waals surface area contributed by atoms with Gasteiger partial charge in [0.15, 0.2) is 0 Å². The van der Waals surface area contributed by atoms with Crippen molar-refractivity contribution in [3.8, 4) is 0 Å². The molecule has 0 aliphatic carbocycles. The van der Waals surface area contributed by atoms with Gasteiger partial charge in [-0.3, -0.25) is 0 Å². The van der Waals surface area contributed by atoms with Gasteiger partial charge in [0.25, 0.3) is 0 Å². The van der Waals surface area contributed by atoms with E-state index >= 15 is 0 Å². The quantitative estimate of drug-likeness (QED) is 0.666. The topological polar surface area (TPSA) is 30.5 Å². The molecule has 1 aromatic rings. The fourth-order valence-corrected chi connectivity index (χ4v) is 2.26. The van der Waals surface area contributed by atoms with E-state index in [1.165, 1.54) is 11.1 Å². The summed E-state index contributed by atoms with van der Waals surface area (Å²) < 4.78 is 11.7. The number of hydrogen-bond acceptors (Lipinski definition) is 3. The predicted molar refractivity (Wildman–Crippen MR) is 82.3 cm³/mol. The van der Waals surface area contributed by atoms with Crippen LogP contribution in [0.15, 0.2) is 22.7 Å². The van der Waals surface area contributed by atoms with Crippen LogP contribution < -0.4 is 5.32 Å². The van der Waals surface area contributed by atoms with Crippen LogP contribution in [-0.4, -0.2) is 26.9 Å². The Kier molecular flexibility index (Phi) is 9.08. The lowest BCUT2D eigenvalue weighted by molar-refractivity contribution is 0.0925. The van der Waals surface area contributed by atoms with E-state index in [9.17, 15) is 0 Å². The molecule has 0 fully saturated rings. The van der Waals surface area contributed by atoms with Crippen molar-refractivity contribution >= 4 is 15.9 Å². The van der Waals surface area contributed by atoms with Gasteiger partial charge in [-0.1, -0.05) is 35.0 Å². The van der Waals surface area contributed by atoms with Gasteiger partial charge in [0.1, 0.15) is 0 Å². The zero-order valence-corrected chi connectivity index (χ0v) is 13.5. The maximum atomic E-state index is 5.62. The number of methoxy groups -OCH3 is 1. The van der Waals surface area contributed by atoms with Crippen molar-refractivity contribution in [3.05, 3.63) is 33.8 Å². The largest absolute Gasteiger partial charge is 0.385 e. The number of halogens is 1. The van der Waals surface area contributed by atoms with Crippen LogP contribution in [0.1, 0.15) is 30.9 Å². The average molecular weight is 330 g/mol. The molecule has 0 aromatic heterocycles. The molecule has 108 valence electrons. The molecule has 0 atom stereocenters. The van der Waals surface area contributed by atoms with Crippen LogP contribution in [0.2, 0.25) is 0 Å². The molecule has 0 heterocycles. The summed E-state index contributed by atoms with van der Waals surface area (Å²) in [4.78, 5) is 0. The van der Waals surface area contributed by atoms with Gasteiger partial charge in [-0.25, -0.2) is 0 Å². The van der Waals surface area contributed by atoms with Crippen molar-refractivity contribution in [2.75, 3.05) is 26.9 Å². The Balaban J connectivity index is 2.34. The molecule has 0 aliphatic rings. The van der Waals surface area contributed by atoms with E-state index in [2.05, 4.69) is 46.4 Å². The number of ether oxygens (including phenoxy) is 2. The van der Waals surface area contributed by atoms with E-state index in [0.717, 1.165) is 43.6 Å². The Hall–Kier alpha value is -0.420. The molecule has 0 radical (unpaired) electrons. The summed E-state index contributed by atoms with van der Waals surface area (Å²) in [6, 6.07) is 6.45. The van der Waals surface area contributed by atoms with E-state index in [1.54, 1.807) is 7.11 Å². The number of hydrogen-bond donors (Lipinski definition) is 1. The Morgan fingerprint density at radius 1 is 1.26 bits per heavy atom. The molecule has 0 saturated heterocycles. The van der Waals surface area contributed by atoms with Gasteiger partial charge in [-0.05, 0) is 36.6 Å². The minimum Gasteiger partial charge on any atom is -0.385 e. The van der Waals surface area contributed by atoms with Crippen LogP contribution in [-0.2, 0) is 22.6 Å². The minimum atomic E-state index is 0.646. The van der Waals surface area contributed by atoms with Crippen molar-refractivity contribution in [2.45, 2.75) is 32.9 Å². The van der Waals surface area contributed by atoms with Crippen molar-refractivity contribution in [1.29, 1.82) is 0 Å². The van der Waals surface area contributed by atoms with Gasteiger partial charge in [0.05, 0.1) is 6.61 Å². The monoisotopic (exact) mass is 329 g/mol. The van der Waals surface area contributed by atoms with Crippen molar-refractivity contribution in [2.24, 2.45) is 0 Å². The molecular formula is C15H24BrNO2. The molecule has 0 amide bonds. The summed E-state index contributed by atoms with van der Waals surface area (Å²) >= 11 is 3.61. The van der Waals surface area contributed by atoms with Crippen LogP contribution in [0.5, 0.6) is 0 Å². The van der Waals surface area contributed by atoms with Crippen molar-refractivity contribution in [3.63, 3.8) is 0 Å². The smallest absolute Gasteiger partial charge is 0.0727 e. The normalized spacial score (nSPS) is 10.9. The molecule has 1 rings (SSSR count). The number of rotatable bonds is 10. The lowest BCUT2D eigenvalue weighted by atomic mass is 10.1. The third kappa shape index (κ3) is 7.06. The van der Waals surface area contributed by atoms with Crippen LogP contribution in [0.25, 0.3) is 0 Å².